The van der Waals surface area contributed by atoms with E-state index in [0.717, 1.165) is 5.56 Å². The van der Waals surface area contributed by atoms with Gasteiger partial charge in [-0.25, -0.2) is 0 Å². The molecule has 0 radical (unpaired) electrons. The highest BCUT2D eigenvalue weighted by Crippen LogP contribution is 2.27. The molecule has 0 bridgehead atoms. The number of nitrogens with one attached hydrogen (secondary N) is 1. The Hall–Kier alpha value is -1.23. The van der Waals surface area contributed by atoms with Crippen molar-refractivity contribution in [3.05, 3.63) is 50.2 Å². The topological polar surface area (TPSA) is 46.9 Å². The zero-order valence-corrected chi connectivity index (χ0v) is 16.3. The van der Waals surface area contributed by atoms with Gasteiger partial charge in [-0.2, -0.15) is 5.10 Å². The zero-order chi connectivity index (χ0) is 18.0. The first-order valence-corrected chi connectivity index (χ1v) is 8.82. The molecule has 2 rings (SSSR count). The minimum absolute atomic E-state index is 0.272. The fourth-order valence-corrected chi connectivity index (χ4v) is 3.38. The van der Waals surface area contributed by atoms with Crippen molar-refractivity contribution in [2.45, 2.75) is 40.3 Å². The van der Waals surface area contributed by atoms with Gasteiger partial charge in [0.1, 0.15) is 5.15 Å². The van der Waals surface area contributed by atoms with E-state index in [0.29, 0.717) is 38.9 Å². The predicted octanol–water partition coefficient (Wildman–Crippen LogP) is 5.30. The minimum Gasteiger partial charge on any atom is -0.345 e. The highest BCUT2D eigenvalue weighted by molar-refractivity contribution is 6.35. The predicted molar refractivity (Wildman–Crippen MR) is 99.2 cm³/mol. The van der Waals surface area contributed by atoms with Crippen molar-refractivity contribution in [2.75, 3.05) is 0 Å². The Morgan fingerprint density at radius 2 is 1.92 bits per heavy atom. The highest BCUT2D eigenvalue weighted by atomic mass is 35.5. The summed E-state index contributed by atoms with van der Waals surface area (Å²) in [5.41, 5.74) is 1.79. The number of hydrogen-bond acceptors (Lipinski definition) is 2. The van der Waals surface area contributed by atoms with E-state index < -0.39 is 0 Å². The van der Waals surface area contributed by atoms with Crippen molar-refractivity contribution in [1.82, 2.24) is 15.1 Å². The van der Waals surface area contributed by atoms with E-state index in [-0.39, 0.29) is 11.9 Å². The molecule has 130 valence electrons. The molecular formula is C17H20Cl3N3O. The number of halogens is 3. The lowest BCUT2D eigenvalue weighted by Crippen LogP contribution is -2.27. The lowest BCUT2D eigenvalue weighted by molar-refractivity contribution is 0.0939. The van der Waals surface area contributed by atoms with Crippen LogP contribution in [-0.2, 0) is 6.54 Å². The Morgan fingerprint density at radius 1 is 1.25 bits per heavy atom. The summed E-state index contributed by atoms with van der Waals surface area (Å²) in [5.74, 6) is 0.107. The molecule has 0 aliphatic heterocycles. The summed E-state index contributed by atoms with van der Waals surface area (Å²) in [6.07, 6.45) is 0. The number of carbonyl (C=O) groups is 1. The molecule has 2 aromatic rings. The van der Waals surface area contributed by atoms with Crippen LogP contribution in [0, 0.1) is 12.8 Å². The zero-order valence-electron chi connectivity index (χ0n) is 14.0. The van der Waals surface area contributed by atoms with Gasteiger partial charge in [-0.05, 0) is 37.5 Å². The van der Waals surface area contributed by atoms with Crippen molar-refractivity contribution in [3.8, 4) is 0 Å². The summed E-state index contributed by atoms with van der Waals surface area (Å²) >= 11 is 18.5. The number of nitrogens with zero attached hydrogens (tertiary/aromatic N) is 2. The summed E-state index contributed by atoms with van der Waals surface area (Å²) < 4.78 is 1.66. The van der Waals surface area contributed by atoms with Gasteiger partial charge >= 0.3 is 0 Å². The standard InChI is InChI=1S/C17H20Cl3N3O/c1-9(2)8-23-16(20)15(11(4)22-23)17(24)21-10(3)13-6-5-12(18)7-14(13)19/h5-7,9-10H,8H2,1-4H3,(H,21,24). The molecule has 0 aliphatic carbocycles. The first kappa shape index (κ1) is 19.1. The maximum atomic E-state index is 12.6. The average Bonchev–Trinajstić information content (AvgIpc) is 2.72. The first-order chi connectivity index (χ1) is 11.2. The Labute approximate surface area is 157 Å². The summed E-state index contributed by atoms with van der Waals surface area (Å²) in [6, 6.07) is 4.91. The molecule has 1 heterocycles. The highest BCUT2D eigenvalue weighted by Gasteiger charge is 2.22. The SMILES string of the molecule is Cc1nn(CC(C)C)c(Cl)c1C(=O)NC(C)c1ccc(Cl)cc1Cl. The molecule has 1 unspecified atom stereocenters. The van der Waals surface area contributed by atoms with Crippen LogP contribution in [0.15, 0.2) is 18.2 Å². The van der Waals surface area contributed by atoms with E-state index in [1.807, 2.05) is 6.92 Å². The lowest BCUT2D eigenvalue weighted by Gasteiger charge is -2.16. The molecule has 0 spiro atoms. The summed E-state index contributed by atoms with van der Waals surface area (Å²) in [5, 5.41) is 8.69. The average molecular weight is 389 g/mol. The second-order valence-corrected chi connectivity index (χ2v) is 7.39. The van der Waals surface area contributed by atoms with E-state index in [1.54, 1.807) is 29.8 Å². The largest absolute Gasteiger partial charge is 0.345 e. The lowest BCUT2D eigenvalue weighted by atomic mass is 10.1. The molecule has 1 N–H and O–H groups in total. The third-order valence-electron chi connectivity index (χ3n) is 3.61. The fraction of sp³-hybridized carbons (Fsp3) is 0.412. The molecule has 24 heavy (non-hydrogen) atoms. The van der Waals surface area contributed by atoms with Gasteiger partial charge in [0.05, 0.1) is 17.3 Å². The first-order valence-electron chi connectivity index (χ1n) is 7.69. The number of aryl methyl sites for hydroxylation is 1. The normalized spacial score (nSPS) is 12.5. The van der Waals surface area contributed by atoms with Crippen LogP contribution in [0.1, 0.15) is 48.4 Å². The molecule has 4 nitrogen and oxygen atoms in total. The summed E-state index contributed by atoms with van der Waals surface area (Å²) in [7, 11) is 0. The van der Waals surface area contributed by atoms with Crippen LogP contribution in [0.4, 0.5) is 0 Å². The van der Waals surface area contributed by atoms with Crippen LogP contribution >= 0.6 is 34.8 Å². The van der Waals surface area contributed by atoms with Gasteiger partial charge in [-0.1, -0.05) is 54.7 Å². The van der Waals surface area contributed by atoms with Crippen LogP contribution in [0.3, 0.4) is 0 Å². The van der Waals surface area contributed by atoms with Gasteiger partial charge in [-0.3, -0.25) is 9.48 Å². The molecule has 0 fully saturated rings. The number of benzene rings is 1. The van der Waals surface area contributed by atoms with Crippen molar-refractivity contribution < 1.29 is 4.79 Å². The Bertz CT molecular complexity index is 756. The third kappa shape index (κ3) is 4.24. The van der Waals surface area contributed by atoms with E-state index in [9.17, 15) is 4.79 Å². The van der Waals surface area contributed by atoms with Crippen molar-refractivity contribution in [2.24, 2.45) is 5.92 Å². The van der Waals surface area contributed by atoms with Gasteiger partial charge in [-0.15, -0.1) is 0 Å². The van der Waals surface area contributed by atoms with E-state index in [1.165, 1.54) is 0 Å². The summed E-state index contributed by atoms with van der Waals surface area (Å²) in [6.45, 7) is 8.42. The fourth-order valence-electron chi connectivity index (χ4n) is 2.48. The van der Waals surface area contributed by atoms with Crippen LogP contribution in [0.25, 0.3) is 0 Å². The van der Waals surface area contributed by atoms with Gasteiger partial charge in [0.15, 0.2) is 0 Å². The Balaban J connectivity index is 2.22. The maximum Gasteiger partial charge on any atom is 0.256 e. The van der Waals surface area contributed by atoms with E-state index in [2.05, 4.69) is 24.3 Å². The second-order valence-electron chi connectivity index (χ2n) is 6.19. The van der Waals surface area contributed by atoms with Crippen LogP contribution in [0.2, 0.25) is 15.2 Å². The van der Waals surface area contributed by atoms with Gasteiger partial charge < -0.3 is 5.32 Å². The smallest absolute Gasteiger partial charge is 0.256 e. The molecule has 0 saturated heterocycles. The Morgan fingerprint density at radius 3 is 2.50 bits per heavy atom. The van der Waals surface area contributed by atoms with Gasteiger partial charge in [0, 0.05) is 16.6 Å². The van der Waals surface area contributed by atoms with Crippen LogP contribution < -0.4 is 5.32 Å². The summed E-state index contributed by atoms with van der Waals surface area (Å²) in [4.78, 5) is 12.6. The number of amides is 1. The number of hydrogen-bond donors (Lipinski definition) is 1. The van der Waals surface area contributed by atoms with Gasteiger partial charge in [0.25, 0.3) is 5.91 Å². The molecule has 1 aromatic carbocycles. The number of rotatable bonds is 5. The second kappa shape index (κ2) is 7.77. The minimum atomic E-state index is -0.286. The molecule has 1 aromatic heterocycles. The Kier molecular flexibility index (Phi) is 6.18. The maximum absolute atomic E-state index is 12.6. The van der Waals surface area contributed by atoms with Crippen LogP contribution in [-0.4, -0.2) is 15.7 Å². The van der Waals surface area contributed by atoms with E-state index in [4.69, 9.17) is 34.8 Å². The number of carbonyl (C=O) groups excluding carboxylic acids is 1. The molecule has 1 amide bonds. The molecule has 1 atom stereocenters. The van der Waals surface area contributed by atoms with Gasteiger partial charge in [0.2, 0.25) is 0 Å². The quantitative estimate of drug-likeness (QED) is 0.755. The molecule has 0 aliphatic rings. The van der Waals surface area contributed by atoms with Crippen molar-refractivity contribution in [1.29, 1.82) is 0 Å². The van der Waals surface area contributed by atoms with E-state index >= 15 is 0 Å². The third-order valence-corrected chi connectivity index (χ3v) is 4.55. The molecule has 0 saturated carbocycles. The monoisotopic (exact) mass is 387 g/mol. The van der Waals surface area contributed by atoms with Crippen LogP contribution in [0.5, 0.6) is 0 Å². The molecular weight excluding hydrogens is 369 g/mol. The van der Waals surface area contributed by atoms with Crippen molar-refractivity contribution in [3.63, 3.8) is 0 Å². The molecule has 7 heteroatoms. The number of aromatic nitrogens is 2. The van der Waals surface area contributed by atoms with Crippen molar-refractivity contribution >= 4 is 40.7 Å².